The zero-order valence-corrected chi connectivity index (χ0v) is 10.7. The predicted molar refractivity (Wildman–Crippen MR) is 69.9 cm³/mol. The van der Waals surface area contributed by atoms with E-state index >= 15 is 0 Å². The Balaban J connectivity index is 2.55. The molecule has 0 saturated carbocycles. The lowest BCUT2D eigenvalue weighted by Gasteiger charge is -2.20. The first-order valence-corrected chi connectivity index (χ1v) is 6.36. The Bertz CT molecular complexity index is 328. The average molecular weight is 238 g/mol. The highest BCUT2D eigenvalue weighted by atomic mass is 19.1. The number of halogens is 1. The zero-order valence-electron chi connectivity index (χ0n) is 10.7. The van der Waals surface area contributed by atoms with E-state index < -0.39 is 0 Å². The molecule has 1 aromatic carbocycles. The first-order chi connectivity index (χ1) is 8.17. The maximum atomic E-state index is 13.5. The minimum absolute atomic E-state index is 0.143. The summed E-state index contributed by atoms with van der Waals surface area (Å²) in [6.45, 7) is 4.40. The molecule has 0 saturated heterocycles. The average Bonchev–Trinajstić information content (AvgIpc) is 2.31. The topological polar surface area (TPSA) is 38.0 Å². The summed E-state index contributed by atoms with van der Waals surface area (Å²) in [4.78, 5) is 0. The smallest absolute Gasteiger partial charge is 0.126 e. The third-order valence-electron chi connectivity index (χ3n) is 3.13. The Labute approximate surface area is 103 Å². The van der Waals surface area contributed by atoms with Crippen molar-refractivity contribution in [1.82, 2.24) is 5.43 Å². The number of benzene rings is 1. The Morgan fingerprint density at radius 3 is 2.65 bits per heavy atom. The molecular weight excluding hydrogens is 215 g/mol. The fraction of sp³-hybridized carbons (Fsp3) is 0.571. The summed E-state index contributed by atoms with van der Waals surface area (Å²) >= 11 is 0. The van der Waals surface area contributed by atoms with Crippen molar-refractivity contribution in [2.75, 3.05) is 0 Å². The largest absolute Gasteiger partial charge is 0.271 e. The van der Waals surface area contributed by atoms with Gasteiger partial charge in [-0.05, 0) is 30.4 Å². The van der Waals surface area contributed by atoms with Crippen LogP contribution < -0.4 is 11.3 Å². The van der Waals surface area contributed by atoms with Crippen molar-refractivity contribution in [2.24, 2.45) is 11.8 Å². The van der Waals surface area contributed by atoms with Crippen LogP contribution >= 0.6 is 0 Å². The van der Waals surface area contributed by atoms with Crippen LogP contribution in [0.1, 0.15) is 38.7 Å². The Morgan fingerprint density at radius 2 is 2.06 bits per heavy atom. The van der Waals surface area contributed by atoms with E-state index in [0.29, 0.717) is 12.3 Å². The van der Waals surface area contributed by atoms with Crippen molar-refractivity contribution in [3.05, 3.63) is 35.6 Å². The van der Waals surface area contributed by atoms with Gasteiger partial charge in [0.25, 0.3) is 0 Å². The molecule has 96 valence electrons. The molecule has 0 heterocycles. The van der Waals surface area contributed by atoms with Gasteiger partial charge in [-0.25, -0.2) is 4.39 Å². The lowest BCUT2D eigenvalue weighted by Crippen LogP contribution is -2.38. The summed E-state index contributed by atoms with van der Waals surface area (Å²) in [6, 6.07) is 7.04. The second-order valence-corrected chi connectivity index (χ2v) is 4.79. The number of nitrogens with one attached hydrogen (secondary N) is 1. The maximum absolute atomic E-state index is 13.5. The molecular formula is C14H23FN2. The summed E-state index contributed by atoms with van der Waals surface area (Å²) < 4.78 is 13.5. The van der Waals surface area contributed by atoms with Gasteiger partial charge < -0.3 is 0 Å². The standard InChI is InChI=1S/C14H23FN2/c1-3-6-11(2)9-13(17-16)10-12-7-4-5-8-14(12)15/h4-5,7-8,11,13,17H,3,6,9-10,16H2,1-2H3. The lowest BCUT2D eigenvalue weighted by molar-refractivity contribution is 0.382. The molecule has 0 aliphatic heterocycles. The van der Waals surface area contributed by atoms with Crippen LogP contribution in [-0.4, -0.2) is 6.04 Å². The van der Waals surface area contributed by atoms with Crippen molar-refractivity contribution >= 4 is 0 Å². The first kappa shape index (κ1) is 14.1. The van der Waals surface area contributed by atoms with Gasteiger partial charge in [0.1, 0.15) is 5.82 Å². The monoisotopic (exact) mass is 238 g/mol. The quantitative estimate of drug-likeness (QED) is 0.566. The highest BCUT2D eigenvalue weighted by Crippen LogP contribution is 2.16. The van der Waals surface area contributed by atoms with Gasteiger partial charge in [0.05, 0.1) is 0 Å². The number of nitrogens with two attached hydrogens (primary N) is 1. The van der Waals surface area contributed by atoms with Gasteiger partial charge in [-0.1, -0.05) is 44.9 Å². The molecule has 3 N–H and O–H groups in total. The molecule has 0 amide bonds. The Hall–Kier alpha value is -0.930. The highest BCUT2D eigenvalue weighted by Gasteiger charge is 2.13. The maximum Gasteiger partial charge on any atom is 0.126 e. The molecule has 2 unspecified atom stereocenters. The summed E-state index contributed by atoms with van der Waals surface area (Å²) in [7, 11) is 0. The summed E-state index contributed by atoms with van der Waals surface area (Å²) in [6.07, 6.45) is 4.00. The van der Waals surface area contributed by atoms with E-state index in [-0.39, 0.29) is 11.9 Å². The fourth-order valence-corrected chi connectivity index (χ4v) is 2.24. The van der Waals surface area contributed by atoms with Crippen LogP contribution in [0.5, 0.6) is 0 Å². The number of hydrazine groups is 1. The van der Waals surface area contributed by atoms with Gasteiger partial charge in [0.15, 0.2) is 0 Å². The molecule has 0 aromatic heterocycles. The van der Waals surface area contributed by atoms with Gasteiger partial charge in [-0.2, -0.15) is 0 Å². The molecule has 0 fully saturated rings. The fourth-order valence-electron chi connectivity index (χ4n) is 2.24. The van der Waals surface area contributed by atoms with Crippen LogP contribution in [0.2, 0.25) is 0 Å². The van der Waals surface area contributed by atoms with E-state index in [9.17, 15) is 4.39 Å². The van der Waals surface area contributed by atoms with E-state index in [1.54, 1.807) is 6.07 Å². The summed E-state index contributed by atoms with van der Waals surface area (Å²) in [5, 5.41) is 0. The molecule has 0 aliphatic rings. The van der Waals surface area contributed by atoms with Crippen molar-refractivity contribution in [3.63, 3.8) is 0 Å². The van der Waals surface area contributed by atoms with Crippen LogP contribution in [-0.2, 0) is 6.42 Å². The predicted octanol–water partition coefficient (Wildman–Crippen LogP) is 3.03. The molecule has 2 atom stereocenters. The molecule has 0 spiro atoms. The van der Waals surface area contributed by atoms with E-state index in [1.165, 1.54) is 18.9 Å². The molecule has 0 bridgehead atoms. The van der Waals surface area contributed by atoms with Crippen LogP contribution in [0, 0.1) is 11.7 Å². The van der Waals surface area contributed by atoms with Crippen LogP contribution in [0.3, 0.4) is 0 Å². The minimum Gasteiger partial charge on any atom is -0.271 e. The van der Waals surface area contributed by atoms with Gasteiger partial charge in [0, 0.05) is 6.04 Å². The highest BCUT2D eigenvalue weighted by molar-refractivity contribution is 5.18. The lowest BCUT2D eigenvalue weighted by atomic mass is 9.93. The van der Waals surface area contributed by atoms with Gasteiger partial charge in [-0.3, -0.25) is 11.3 Å². The van der Waals surface area contributed by atoms with Crippen molar-refractivity contribution in [1.29, 1.82) is 0 Å². The summed E-state index contributed by atoms with van der Waals surface area (Å²) in [5.41, 5.74) is 3.54. The molecule has 17 heavy (non-hydrogen) atoms. The van der Waals surface area contributed by atoms with E-state index in [2.05, 4.69) is 19.3 Å². The third-order valence-corrected chi connectivity index (χ3v) is 3.13. The molecule has 1 rings (SSSR count). The van der Waals surface area contributed by atoms with Gasteiger partial charge in [0.2, 0.25) is 0 Å². The molecule has 2 nitrogen and oxygen atoms in total. The molecule has 0 aliphatic carbocycles. The van der Waals surface area contributed by atoms with Crippen LogP contribution in [0.15, 0.2) is 24.3 Å². The first-order valence-electron chi connectivity index (χ1n) is 6.36. The zero-order chi connectivity index (χ0) is 12.7. The van der Waals surface area contributed by atoms with Gasteiger partial charge in [-0.15, -0.1) is 0 Å². The van der Waals surface area contributed by atoms with Crippen molar-refractivity contribution in [3.8, 4) is 0 Å². The van der Waals surface area contributed by atoms with Gasteiger partial charge >= 0.3 is 0 Å². The molecule has 1 aromatic rings. The van der Waals surface area contributed by atoms with Crippen molar-refractivity contribution in [2.45, 2.75) is 45.6 Å². The second-order valence-electron chi connectivity index (χ2n) is 4.79. The van der Waals surface area contributed by atoms with E-state index in [0.717, 1.165) is 12.0 Å². The van der Waals surface area contributed by atoms with Crippen LogP contribution in [0.25, 0.3) is 0 Å². The normalized spacial score (nSPS) is 14.6. The number of hydrogen-bond donors (Lipinski definition) is 2. The Morgan fingerprint density at radius 1 is 1.35 bits per heavy atom. The van der Waals surface area contributed by atoms with E-state index in [4.69, 9.17) is 5.84 Å². The second kappa shape index (κ2) is 7.41. The van der Waals surface area contributed by atoms with E-state index in [1.807, 2.05) is 12.1 Å². The number of rotatable bonds is 7. The summed E-state index contributed by atoms with van der Waals surface area (Å²) in [5.74, 6) is 6.02. The molecule has 0 radical (unpaired) electrons. The molecule has 3 heteroatoms. The third kappa shape index (κ3) is 4.84. The van der Waals surface area contributed by atoms with Crippen molar-refractivity contribution < 1.29 is 4.39 Å². The number of hydrogen-bond acceptors (Lipinski definition) is 2. The Kier molecular flexibility index (Phi) is 6.16. The van der Waals surface area contributed by atoms with Crippen LogP contribution in [0.4, 0.5) is 4.39 Å². The SMILES string of the molecule is CCCC(C)CC(Cc1ccccc1F)NN. The minimum atomic E-state index is -0.143.